The number of ketones is 1. The summed E-state index contributed by atoms with van der Waals surface area (Å²) in [5, 5.41) is 11.4. The van der Waals surface area contributed by atoms with Crippen LogP contribution in [0.1, 0.15) is 27.9 Å². The van der Waals surface area contributed by atoms with Crippen LogP contribution in [0.2, 0.25) is 0 Å². The molecule has 6 nitrogen and oxygen atoms in total. The molecule has 3 aromatic rings. The Hall–Kier alpha value is -3.64. The molecule has 1 heterocycles. The summed E-state index contributed by atoms with van der Waals surface area (Å²) in [4.78, 5) is 27.7. The fraction of sp³-hybridized carbons (Fsp3) is 0.231. The number of Topliss-reactive ketones (excluding diaryl/α,β-unsaturated/α-hetero) is 1. The lowest BCUT2D eigenvalue weighted by Gasteiger charge is -2.23. The Morgan fingerprint density at radius 1 is 0.969 bits per heavy atom. The molecule has 0 bridgehead atoms. The Bertz CT molecular complexity index is 1140. The van der Waals surface area contributed by atoms with Crippen molar-refractivity contribution in [3.63, 3.8) is 0 Å². The molecule has 1 aliphatic rings. The van der Waals surface area contributed by atoms with Gasteiger partial charge in [0, 0.05) is 11.1 Å². The van der Waals surface area contributed by atoms with E-state index < -0.39 is 11.5 Å². The zero-order valence-electron chi connectivity index (χ0n) is 18.1. The van der Waals surface area contributed by atoms with Gasteiger partial charge in [0.05, 0.1) is 25.8 Å². The molecule has 1 amide bonds. The topological polar surface area (TPSA) is 76.1 Å². The molecule has 0 unspecified atom stereocenters. The molecule has 0 aliphatic carbocycles. The number of methoxy groups -OCH3 is 1. The van der Waals surface area contributed by atoms with Crippen LogP contribution >= 0.6 is 0 Å². The van der Waals surface area contributed by atoms with E-state index in [0.29, 0.717) is 28.3 Å². The van der Waals surface area contributed by atoms with Gasteiger partial charge in [-0.15, -0.1) is 0 Å². The van der Waals surface area contributed by atoms with Crippen LogP contribution in [0.25, 0.3) is 0 Å². The molecule has 164 valence electrons. The second kappa shape index (κ2) is 8.85. The predicted octanol–water partition coefficient (Wildman–Crippen LogP) is 3.89. The molecule has 3 aromatic carbocycles. The van der Waals surface area contributed by atoms with Gasteiger partial charge in [-0.1, -0.05) is 60.2 Å². The maximum absolute atomic E-state index is 13.3. The zero-order valence-corrected chi connectivity index (χ0v) is 18.1. The first kappa shape index (κ1) is 21.6. The Morgan fingerprint density at radius 2 is 1.62 bits per heavy atom. The van der Waals surface area contributed by atoms with Gasteiger partial charge in [-0.3, -0.25) is 9.59 Å². The molecule has 0 aromatic heterocycles. The number of hydrogen-bond acceptors (Lipinski definition) is 5. The molecule has 0 fully saturated rings. The van der Waals surface area contributed by atoms with Gasteiger partial charge < -0.3 is 19.5 Å². The second-order valence-electron chi connectivity index (χ2n) is 7.80. The van der Waals surface area contributed by atoms with Crippen LogP contribution in [0.4, 0.5) is 5.69 Å². The first-order valence-corrected chi connectivity index (χ1v) is 10.4. The first-order valence-electron chi connectivity index (χ1n) is 10.4. The number of ether oxygens (including phenoxy) is 2. The lowest BCUT2D eigenvalue weighted by Crippen LogP contribution is -2.43. The minimum absolute atomic E-state index is 0.197. The van der Waals surface area contributed by atoms with E-state index in [1.54, 1.807) is 55.6 Å². The quantitative estimate of drug-likeness (QED) is 0.548. The predicted molar refractivity (Wildman–Crippen MR) is 121 cm³/mol. The van der Waals surface area contributed by atoms with Crippen molar-refractivity contribution in [2.45, 2.75) is 18.9 Å². The summed E-state index contributed by atoms with van der Waals surface area (Å²) in [6.45, 7) is 2.35. The summed E-state index contributed by atoms with van der Waals surface area (Å²) in [7, 11) is 1.56. The van der Waals surface area contributed by atoms with Crippen LogP contribution in [0.3, 0.4) is 0 Å². The van der Waals surface area contributed by atoms with Crippen LogP contribution in [0.15, 0.2) is 72.8 Å². The number of amides is 1. The van der Waals surface area contributed by atoms with Crippen LogP contribution in [-0.4, -0.2) is 37.1 Å². The van der Waals surface area contributed by atoms with Gasteiger partial charge in [0.2, 0.25) is 0 Å². The summed E-state index contributed by atoms with van der Waals surface area (Å²) >= 11 is 0. The highest BCUT2D eigenvalue weighted by molar-refractivity contribution is 6.10. The van der Waals surface area contributed by atoms with Crippen molar-refractivity contribution in [2.75, 3.05) is 25.2 Å². The zero-order chi connectivity index (χ0) is 22.7. The average Bonchev–Trinajstić information content (AvgIpc) is 3.01. The molecule has 0 radical (unpaired) electrons. The van der Waals surface area contributed by atoms with Gasteiger partial charge in [-0.25, -0.2) is 0 Å². The number of carbonyl (C=O) groups excluding carboxylic acids is 2. The maximum atomic E-state index is 13.3. The molecule has 32 heavy (non-hydrogen) atoms. The number of nitrogens with zero attached hydrogens (tertiary/aromatic N) is 1. The van der Waals surface area contributed by atoms with Gasteiger partial charge in [-0.2, -0.15) is 0 Å². The molecule has 1 aliphatic heterocycles. The smallest absolute Gasteiger partial charge is 0.264 e. The molecular formula is C26H25NO5. The van der Waals surface area contributed by atoms with Crippen molar-refractivity contribution < 1.29 is 24.2 Å². The Morgan fingerprint density at radius 3 is 2.34 bits per heavy atom. The number of anilines is 1. The molecule has 4 rings (SSSR count). The van der Waals surface area contributed by atoms with E-state index in [-0.39, 0.29) is 25.4 Å². The number of aryl methyl sites for hydroxylation is 1. The highest BCUT2D eigenvalue weighted by Crippen LogP contribution is 2.42. The lowest BCUT2D eigenvalue weighted by molar-refractivity contribution is -0.135. The Balaban J connectivity index is 1.53. The molecule has 0 saturated carbocycles. The van der Waals surface area contributed by atoms with E-state index in [1.807, 2.05) is 31.2 Å². The van der Waals surface area contributed by atoms with Crippen molar-refractivity contribution in [1.29, 1.82) is 0 Å². The third-order valence-electron chi connectivity index (χ3n) is 5.67. The summed E-state index contributed by atoms with van der Waals surface area (Å²) in [5.74, 6) is 0.353. The largest absolute Gasteiger partial charge is 0.493 e. The SMILES string of the molecule is COc1ccccc1OCCN1C(=O)[C@@](O)(CC(=O)c2ccc(C)cc2)c2ccccc21. The highest BCUT2D eigenvalue weighted by Gasteiger charge is 2.50. The van der Waals surface area contributed by atoms with Gasteiger partial charge >= 0.3 is 0 Å². The Labute approximate surface area is 187 Å². The third-order valence-corrected chi connectivity index (χ3v) is 5.67. The van der Waals surface area contributed by atoms with E-state index in [9.17, 15) is 14.7 Å². The van der Waals surface area contributed by atoms with Crippen LogP contribution in [0, 0.1) is 6.92 Å². The Kier molecular flexibility index (Phi) is 5.97. The minimum Gasteiger partial charge on any atom is -0.493 e. The standard InChI is InChI=1S/C26H25NO5/c1-18-11-13-19(14-12-18)22(28)17-26(30)20-7-3-4-8-21(20)27(25(26)29)15-16-32-24-10-6-5-9-23(24)31-2/h3-14,30H,15-17H2,1-2H3/t26-/m1/s1. The van der Waals surface area contributed by atoms with Crippen LogP contribution in [0.5, 0.6) is 11.5 Å². The number of aliphatic hydroxyl groups is 1. The van der Waals surface area contributed by atoms with Crippen molar-refractivity contribution >= 4 is 17.4 Å². The molecule has 1 atom stereocenters. The average molecular weight is 431 g/mol. The fourth-order valence-corrected chi connectivity index (χ4v) is 3.96. The van der Waals surface area contributed by atoms with E-state index >= 15 is 0 Å². The molecular weight excluding hydrogens is 406 g/mol. The van der Waals surface area contributed by atoms with Gasteiger partial charge in [0.15, 0.2) is 22.9 Å². The number of para-hydroxylation sites is 3. The van der Waals surface area contributed by atoms with Gasteiger partial charge in [0.25, 0.3) is 5.91 Å². The molecule has 0 saturated heterocycles. The summed E-state index contributed by atoms with van der Waals surface area (Å²) in [5.41, 5.74) is 0.599. The fourth-order valence-electron chi connectivity index (χ4n) is 3.96. The van der Waals surface area contributed by atoms with Crippen molar-refractivity contribution in [2.24, 2.45) is 0 Å². The van der Waals surface area contributed by atoms with E-state index in [2.05, 4.69) is 0 Å². The van der Waals surface area contributed by atoms with Crippen molar-refractivity contribution in [3.8, 4) is 11.5 Å². The first-order chi connectivity index (χ1) is 15.4. The van der Waals surface area contributed by atoms with Gasteiger partial charge in [0.1, 0.15) is 6.61 Å². The maximum Gasteiger partial charge on any atom is 0.264 e. The second-order valence-corrected chi connectivity index (χ2v) is 7.80. The number of hydrogen-bond donors (Lipinski definition) is 1. The highest BCUT2D eigenvalue weighted by atomic mass is 16.5. The molecule has 6 heteroatoms. The normalized spacial score (nSPS) is 17.2. The summed E-state index contributed by atoms with van der Waals surface area (Å²) < 4.78 is 11.1. The molecule has 1 N–H and O–H groups in total. The van der Waals surface area contributed by atoms with Crippen molar-refractivity contribution in [3.05, 3.63) is 89.5 Å². The van der Waals surface area contributed by atoms with Crippen molar-refractivity contribution in [1.82, 2.24) is 0 Å². The van der Waals surface area contributed by atoms with Crippen LogP contribution < -0.4 is 14.4 Å². The molecule has 0 spiro atoms. The number of benzene rings is 3. The van der Waals surface area contributed by atoms with E-state index in [4.69, 9.17) is 9.47 Å². The summed E-state index contributed by atoms with van der Waals surface area (Å²) in [6.07, 6.45) is -0.324. The van der Waals surface area contributed by atoms with E-state index in [1.165, 1.54) is 4.90 Å². The monoisotopic (exact) mass is 431 g/mol. The third kappa shape index (κ3) is 3.97. The lowest BCUT2D eigenvalue weighted by atomic mass is 9.88. The van der Waals surface area contributed by atoms with Crippen LogP contribution in [-0.2, 0) is 10.4 Å². The number of rotatable bonds is 8. The number of carbonyl (C=O) groups is 2. The minimum atomic E-state index is -1.91. The summed E-state index contributed by atoms with van der Waals surface area (Å²) in [6, 6.07) is 21.4. The number of fused-ring (bicyclic) bond motifs is 1. The van der Waals surface area contributed by atoms with E-state index in [0.717, 1.165) is 5.56 Å². The van der Waals surface area contributed by atoms with Gasteiger partial charge in [-0.05, 0) is 25.1 Å².